The summed E-state index contributed by atoms with van der Waals surface area (Å²) in [5.41, 5.74) is 2.22. The molecule has 0 N–H and O–H groups in total. The zero-order valence-corrected chi connectivity index (χ0v) is 10.3. The molecule has 0 spiro atoms. The smallest absolute Gasteiger partial charge is 0.213 e. The van der Waals surface area contributed by atoms with Gasteiger partial charge in [0.2, 0.25) is 5.88 Å². The average Bonchev–Trinajstić information content (AvgIpc) is 2.81. The Morgan fingerprint density at radius 1 is 1.22 bits per heavy atom. The molecule has 0 bridgehead atoms. The van der Waals surface area contributed by atoms with Gasteiger partial charge in [-0.15, -0.1) is 0 Å². The quantitative estimate of drug-likeness (QED) is 0.710. The Bertz CT molecular complexity index is 710. The van der Waals surface area contributed by atoms with E-state index in [1.54, 1.807) is 36.0 Å². The molecule has 18 heavy (non-hydrogen) atoms. The second-order valence-corrected chi connectivity index (χ2v) is 4.02. The molecule has 3 heterocycles. The molecule has 3 rings (SSSR count). The van der Waals surface area contributed by atoms with E-state index >= 15 is 0 Å². The second kappa shape index (κ2) is 4.27. The molecule has 5 nitrogen and oxygen atoms in total. The van der Waals surface area contributed by atoms with Crippen LogP contribution in [0.3, 0.4) is 0 Å². The number of rotatable bonds is 2. The first-order valence-corrected chi connectivity index (χ1v) is 5.67. The van der Waals surface area contributed by atoms with Crippen LogP contribution >= 0.6 is 11.6 Å². The summed E-state index contributed by atoms with van der Waals surface area (Å²) in [6, 6.07) is 9.03. The first kappa shape index (κ1) is 11.0. The molecule has 0 atom stereocenters. The van der Waals surface area contributed by atoms with Crippen molar-refractivity contribution >= 4 is 17.2 Å². The van der Waals surface area contributed by atoms with Crippen molar-refractivity contribution in [2.45, 2.75) is 0 Å². The number of pyridine rings is 1. The first-order chi connectivity index (χ1) is 8.78. The van der Waals surface area contributed by atoms with Crippen LogP contribution in [-0.4, -0.2) is 26.7 Å². The van der Waals surface area contributed by atoms with E-state index < -0.39 is 0 Å². The number of imidazole rings is 1. The monoisotopic (exact) mass is 260 g/mol. The van der Waals surface area contributed by atoms with Crippen molar-refractivity contribution in [2.75, 3.05) is 7.11 Å². The molecular weight excluding hydrogens is 252 g/mol. The lowest BCUT2D eigenvalue weighted by atomic mass is 10.3. The summed E-state index contributed by atoms with van der Waals surface area (Å²) in [6.45, 7) is 0. The third-order valence-corrected chi connectivity index (χ3v) is 2.73. The molecule has 0 aliphatic rings. The molecule has 0 unspecified atom stereocenters. The van der Waals surface area contributed by atoms with Gasteiger partial charge < -0.3 is 4.74 Å². The SMILES string of the molecule is COc1cccc(-c2cnc3ccc(Cl)nn23)n1. The number of ether oxygens (including phenoxy) is 1. The highest BCUT2D eigenvalue weighted by Crippen LogP contribution is 2.21. The van der Waals surface area contributed by atoms with Crippen LogP contribution in [0, 0.1) is 0 Å². The van der Waals surface area contributed by atoms with Crippen LogP contribution in [0.5, 0.6) is 5.88 Å². The molecule has 90 valence electrons. The molecule has 0 aromatic carbocycles. The van der Waals surface area contributed by atoms with Gasteiger partial charge >= 0.3 is 0 Å². The van der Waals surface area contributed by atoms with Gasteiger partial charge in [-0.1, -0.05) is 17.7 Å². The van der Waals surface area contributed by atoms with Gasteiger partial charge in [-0.25, -0.2) is 14.5 Å². The maximum atomic E-state index is 5.89. The number of hydrogen-bond donors (Lipinski definition) is 0. The molecule has 6 heteroatoms. The van der Waals surface area contributed by atoms with Gasteiger partial charge in [0.05, 0.1) is 19.0 Å². The van der Waals surface area contributed by atoms with Crippen molar-refractivity contribution in [3.63, 3.8) is 0 Å². The molecule has 0 radical (unpaired) electrons. The maximum Gasteiger partial charge on any atom is 0.213 e. The normalized spacial score (nSPS) is 10.8. The highest BCUT2D eigenvalue weighted by molar-refractivity contribution is 6.29. The number of hydrogen-bond acceptors (Lipinski definition) is 4. The van der Waals surface area contributed by atoms with E-state index in [4.69, 9.17) is 16.3 Å². The Labute approximate surface area is 108 Å². The van der Waals surface area contributed by atoms with E-state index in [0.717, 1.165) is 17.0 Å². The number of aromatic nitrogens is 4. The van der Waals surface area contributed by atoms with Crippen LogP contribution < -0.4 is 4.74 Å². The van der Waals surface area contributed by atoms with Crippen LogP contribution in [-0.2, 0) is 0 Å². The average molecular weight is 261 g/mol. The van der Waals surface area contributed by atoms with Crippen LogP contribution in [0.1, 0.15) is 0 Å². The van der Waals surface area contributed by atoms with E-state index in [-0.39, 0.29) is 0 Å². The van der Waals surface area contributed by atoms with Crippen molar-refractivity contribution in [3.05, 3.63) is 41.7 Å². The Hall–Kier alpha value is -2.14. The molecule has 0 saturated carbocycles. The molecule has 0 aliphatic carbocycles. The van der Waals surface area contributed by atoms with Crippen LogP contribution in [0.2, 0.25) is 5.15 Å². The Balaban J connectivity index is 2.21. The third-order valence-electron chi connectivity index (χ3n) is 2.52. The van der Waals surface area contributed by atoms with E-state index in [9.17, 15) is 0 Å². The van der Waals surface area contributed by atoms with Gasteiger partial charge in [-0.2, -0.15) is 5.10 Å². The van der Waals surface area contributed by atoms with Crippen molar-refractivity contribution in [1.29, 1.82) is 0 Å². The fourth-order valence-electron chi connectivity index (χ4n) is 1.70. The summed E-state index contributed by atoms with van der Waals surface area (Å²) in [5, 5.41) is 4.61. The number of nitrogens with zero attached hydrogens (tertiary/aromatic N) is 4. The van der Waals surface area contributed by atoms with Gasteiger partial charge in [-0.3, -0.25) is 0 Å². The van der Waals surface area contributed by atoms with Crippen molar-refractivity contribution in [2.24, 2.45) is 0 Å². The zero-order valence-electron chi connectivity index (χ0n) is 9.54. The Kier molecular flexibility index (Phi) is 2.60. The third kappa shape index (κ3) is 1.78. The lowest BCUT2D eigenvalue weighted by molar-refractivity contribution is 0.398. The molecular formula is C12H9ClN4O. The van der Waals surface area contributed by atoms with Gasteiger partial charge in [0.25, 0.3) is 0 Å². The predicted octanol–water partition coefficient (Wildman–Crippen LogP) is 2.45. The topological polar surface area (TPSA) is 52.3 Å². The zero-order chi connectivity index (χ0) is 12.5. The van der Waals surface area contributed by atoms with E-state index in [1.165, 1.54) is 0 Å². The van der Waals surface area contributed by atoms with Gasteiger partial charge in [0.15, 0.2) is 5.65 Å². The summed E-state index contributed by atoms with van der Waals surface area (Å²) in [6.07, 6.45) is 1.71. The Morgan fingerprint density at radius 2 is 2.11 bits per heavy atom. The van der Waals surface area contributed by atoms with Gasteiger partial charge in [-0.05, 0) is 18.2 Å². The van der Waals surface area contributed by atoms with E-state index in [1.807, 2.05) is 12.1 Å². The lowest BCUT2D eigenvalue weighted by Gasteiger charge is -2.03. The maximum absolute atomic E-state index is 5.89. The molecule has 0 amide bonds. The van der Waals surface area contributed by atoms with E-state index in [2.05, 4.69) is 15.1 Å². The molecule has 0 saturated heterocycles. The Morgan fingerprint density at radius 3 is 2.94 bits per heavy atom. The molecule has 0 aliphatic heterocycles. The number of methoxy groups -OCH3 is 1. The fraction of sp³-hybridized carbons (Fsp3) is 0.0833. The molecule has 3 aromatic rings. The summed E-state index contributed by atoms with van der Waals surface area (Å²) in [7, 11) is 1.58. The molecule has 0 fully saturated rings. The summed E-state index contributed by atoms with van der Waals surface area (Å²) >= 11 is 5.89. The highest BCUT2D eigenvalue weighted by Gasteiger charge is 2.09. The minimum absolute atomic E-state index is 0.407. The number of halogens is 1. The van der Waals surface area contributed by atoms with Crippen LogP contribution in [0.4, 0.5) is 0 Å². The summed E-state index contributed by atoms with van der Waals surface area (Å²) in [5.74, 6) is 0.546. The van der Waals surface area contributed by atoms with Gasteiger partial charge in [0, 0.05) is 6.07 Å². The summed E-state index contributed by atoms with van der Waals surface area (Å²) < 4.78 is 6.76. The standard InChI is InChI=1S/C12H9ClN4O/c1-18-12-4-2-3-8(15-12)9-7-14-11-6-5-10(13)16-17(9)11/h2-7H,1H3. The minimum atomic E-state index is 0.407. The summed E-state index contributed by atoms with van der Waals surface area (Å²) in [4.78, 5) is 8.60. The highest BCUT2D eigenvalue weighted by atomic mass is 35.5. The number of fused-ring (bicyclic) bond motifs is 1. The van der Waals surface area contributed by atoms with Crippen molar-refractivity contribution in [1.82, 2.24) is 19.6 Å². The van der Waals surface area contributed by atoms with Crippen molar-refractivity contribution in [3.8, 4) is 17.3 Å². The van der Waals surface area contributed by atoms with E-state index in [0.29, 0.717) is 11.0 Å². The lowest BCUT2D eigenvalue weighted by Crippen LogP contribution is -1.96. The van der Waals surface area contributed by atoms with Crippen molar-refractivity contribution < 1.29 is 4.74 Å². The first-order valence-electron chi connectivity index (χ1n) is 5.29. The predicted molar refractivity (Wildman–Crippen MR) is 67.8 cm³/mol. The fourth-order valence-corrected chi connectivity index (χ4v) is 1.84. The largest absolute Gasteiger partial charge is 0.481 e. The molecule has 3 aromatic heterocycles. The van der Waals surface area contributed by atoms with Gasteiger partial charge in [0.1, 0.15) is 10.8 Å². The van der Waals surface area contributed by atoms with Crippen LogP contribution in [0.15, 0.2) is 36.5 Å². The second-order valence-electron chi connectivity index (χ2n) is 3.63. The van der Waals surface area contributed by atoms with Crippen LogP contribution in [0.25, 0.3) is 17.0 Å². The minimum Gasteiger partial charge on any atom is -0.481 e.